The number of carbonyl (C=O) groups excluding carboxylic acids is 1. The number of halogens is 3. The van der Waals surface area contributed by atoms with Crippen LogP contribution in [0.5, 0.6) is 0 Å². The lowest BCUT2D eigenvalue weighted by atomic mass is 10.1. The van der Waals surface area contributed by atoms with Crippen LogP contribution in [-0.2, 0) is 16.0 Å². The molecule has 1 N–H and O–H groups in total. The molecule has 0 spiro atoms. The highest BCUT2D eigenvalue weighted by atomic mass is 19.4. The smallest absolute Gasteiger partial charge is 0.378 e. The molecule has 134 valence electrons. The van der Waals surface area contributed by atoms with Gasteiger partial charge < -0.3 is 15.0 Å². The molecule has 1 aliphatic heterocycles. The summed E-state index contributed by atoms with van der Waals surface area (Å²) < 4.78 is 43.6. The Bertz CT molecular complexity index is 526. The predicted octanol–water partition coefficient (Wildman–Crippen LogP) is 2.31. The molecule has 0 saturated carbocycles. The standard InChI is InChI=1S/C17H23F3N2O2/c1-13-2-4-14(5-3-13)6-8-22(12-17(18,19)20)16(23)10-15-11-24-9-7-21-15/h2-5,15,21H,6-12H2,1H3. The number of rotatable bonds is 6. The molecule has 24 heavy (non-hydrogen) atoms. The highest BCUT2D eigenvalue weighted by molar-refractivity contribution is 5.77. The van der Waals surface area contributed by atoms with Gasteiger partial charge in [-0.05, 0) is 18.9 Å². The Morgan fingerprint density at radius 1 is 1.33 bits per heavy atom. The average Bonchev–Trinajstić information content (AvgIpc) is 2.53. The number of hydrogen-bond donors (Lipinski definition) is 1. The Morgan fingerprint density at radius 3 is 2.62 bits per heavy atom. The quantitative estimate of drug-likeness (QED) is 0.861. The van der Waals surface area contributed by atoms with E-state index in [1.54, 1.807) is 0 Å². The monoisotopic (exact) mass is 344 g/mol. The summed E-state index contributed by atoms with van der Waals surface area (Å²) in [4.78, 5) is 13.2. The van der Waals surface area contributed by atoms with Gasteiger partial charge in [0.2, 0.25) is 5.91 Å². The van der Waals surface area contributed by atoms with Gasteiger partial charge in [0.05, 0.1) is 13.2 Å². The normalized spacial score (nSPS) is 18.4. The number of benzene rings is 1. The molecule has 1 amide bonds. The van der Waals surface area contributed by atoms with E-state index >= 15 is 0 Å². The van der Waals surface area contributed by atoms with E-state index in [0.29, 0.717) is 26.2 Å². The molecule has 4 nitrogen and oxygen atoms in total. The maximum Gasteiger partial charge on any atom is 0.406 e. The second-order valence-electron chi connectivity index (χ2n) is 6.10. The molecule has 0 radical (unpaired) electrons. The molecule has 1 unspecified atom stereocenters. The fraction of sp³-hybridized carbons (Fsp3) is 0.588. The van der Waals surface area contributed by atoms with Gasteiger partial charge in [0.25, 0.3) is 0 Å². The van der Waals surface area contributed by atoms with Crippen molar-refractivity contribution < 1.29 is 22.7 Å². The number of carbonyl (C=O) groups is 1. The number of ether oxygens (including phenoxy) is 1. The summed E-state index contributed by atoms with van der Waals surface area (Å²) >= 11 is 0. The largest absolute Gasteiger partial charge is 0.406 e. The second-order valence-corrected chi connectivity index (χ2v) is 6.10. The number of hydrogen-bond acceptors (Lipinski definition) is 3. The van der Waals surface area contributed by atoms with Crippen molar-refractivity contribution in [3.05, 3.63) is 35.4 Å². The van der Waals surface area contributed by atoms with Crippen molar-refractivity contribution in [1.29, 1.82) is 0 Å². The summed E-state index contributed by atoms with van der Waals surface area (Å²) in [6.07, 6.45) is -3.99. The first kappa shape index (κ1) is 18.7. The maximum absolute atomic E-state index is 12.8. The summed E-state index contributed by atoms with van der Waals surface area (Å²) in [5, 5.41) is 3.09. The minimum absolute atomic E-state index is 0.0178. The van der Waals surface area contributed by atoms with E-state index in [2.05, 4.69) is 5.32 Å². The number of aryl methyl sites for hydroxylation is 1. The highest BCUT2D eigenvalue weighted by Crippen LogP contribution is 2.18. The molecule has 1 aliphatic rings. The van der Waals surface area contributed by atoms with Gasteiger partial charge in [-0.15, -0.1) is 0 Å². The van der Waals surface area contributed by atoms with Gasteiger partial charge >= 0.3 is 6.18 Å². The lowest BCUT2D eigenvalue weighted by Gasteiger charge is -2.28. The fourth-order valence-corrected chi connectivity index (χ4v) is 2.62. The van der Waals surface area contributed by atoms with Crippen LogP contribution in [0, 0.1) is 6.92 Å². The van der Waals surface area contributed by atoms with E-state index in [1.165, 1.54) is 0 Å². The Hall–Kier alpha value is -1.60. The van der Waals surface area contributed by atoms with E-state index in [-0.39, 0.29) is 19.0 Å². The van der Waals surface area contributed by atoms with E-state index in [9.17, 15) is 18.0 Å². The van der Waals surface area contributed by atoms with Gasteiger partial charge in [-0.25, -0.2) is 0 Å². The van der Waals surface area contributed by atoms with Crippen LogP contribution in [0.25, 0.3) is 0 Å². The molecule has 0 bridgehead atoms. The van der Waals surface area contributed by atoms with Crippen LogP contribution in [0.15, 0.2) is 24.3 Å². The summed E-state index contributed by atoms with van der Waals surface area (Å²) in [5.41, 5.74) is 2.00. The number of morpholine rings is 1. The summed E-state index contributed by atoms with van der Waals surface area (Å²) in [5.74, 6) is -0.498. The van der Waals surface area contributed by atoms with Crippen molar-refractivity contribution in [1.82, 2.24) is 10.2 Å². The van der Waals surface area contributed by atoms with Gasteiger partial charge in [-0.2, -0.15) is 13.2 Å². The van der Waals surface area contributed by atoms with Gasteiger partial charge in [0.15, 0.2) is 0 Å². The van der Waals surface area contributed by atoms with Crippen LogP contribution in [0.3, 0.4) is 0 Å². The Labute approximate surface area is 140 Å². The average molecular weight is 344 g/mol. The first-order valence-corrected chi connectivity index (χ1v) is 8.05. The molecular weight excluding hydrogens is 321 g/mol. The number of alkyl halides is 3. The molecule has 1 fully saturated rings. The molecule has 7 heteroatoms. The molecule has 1 atom stereocenters. The van der Waals surface area contributed by atoms with Crippen molar-refractivity contribution >= 4 is 5.91 Å². The lowest BCUT2D eigenvalue weighted by Crippen LogP contribution is -2.47. The first-order chi connectivity index (χ1) is 11.3. The van der Waals surface area contributed by atoms with Crippen LogP contribution in [0.2, 0.25) is 0 Å². The van der Waals surface area contributed by atoms with Crippen molar-refractivity contribution in [3.8, 4) is 0 Å². The third-order valence-corrected chi connectivity index (χ3v) is 3.93. The predicted molar refractivity (Wildman–Crippen MR) is 84.7 cm³/mol. The number of amides is 1. The summed E-state index contributed by atoms with van der Waals surface area (Å²) in [7, 11) is 0. The topological polar surface area (TPSA) is 41.6 Å². The zero-order chi connectivity index (χ0) is 17.6. The van der Waals surface area contributed by atoms with Crippen LogP contribution in [0.1, 0.15) is 17.5 Å². The maximum atomic E-state index is 12.8. The van der Waals surface area contributed by atoms with Crippen LogP contribution < -0.4 is 5.32 Å². The minimum Gasteiger partial charge on any atom is -0.378 e. The van der Waals surface area contributed by atoms with Crippen molar-refractivity contribution in [2.45, 2.75) is 32.0 Å². The SMILES string of the molecule is Cc1ccc(CCN(CC(F)(F)F)C(=O)CC2COCCN2)cc1. The minimum atomic E-state index is -4.40. The van der Waals surface area contributed by atoms with Crippen LogP contribution >= 0.6 is 0 Å². The third-order valence-electron chi connectivity index (χ3n) is 3.93. The number of nitrogens with zero attached hydrogens (tertiary/aromatic N) is 1. The molecule has 2 rings (SSSR count). The first-order valence-electron chi connectivity index (χ1n) is 8.05. The number of nitrogens with one attached hydrogen (secondary N) is 1. The Balaban J connectivity index is 1.94. The Morgan fingerprint density at radius 2 is 2.04 bits per heavy atom. The van der Waals surface area contributed by atoms with Gasteiger partial charge in [-0.1, -0.05) is 29.8 Å². The molecule has 1 aromatic carbocycles. The van der Waals surface area contributed by atoms with E-state index < -0.39 is 18.6 Å². The summed E-state index contributed by atoms with van der Waals surface area (Å²) in [6, 6.07) is 7.36. The molecular formula is C17H23F3N2O2. The highest BCUT2D eigenvalue weighted by Gasteiger charge is 2.33. The molecule has 1 aromatic rings. The second kappa shape index (κ2) is 8.48. The third kappa shape index (κ3) is 6.49. The van der Waals surface area contributed by atoms with E-state index in [1.807, 2.05) is 31.2 Å². The molecule has 0 aliphatic carbocycles. The van der Waals surface area contributed by atoms with E-state index in [4.69, 9.17) is 4.74 Å². The fourth-order valence-electron chi connectivity index (χ4n) is 2.62. The van der Waals surface area contributed by atoms with Crippen molar-refractivity contribution in [3.63, 3.8) is 0 Å². The zero-order valence-corrected chi connectivity index (χ0v) is 13.7. The van der Waals surface area contributed by atoms with Gasteiger partial charge in [0.1, 0.15) is 6.54 Å². The zero-order valence-electron chi connectivity index (χ0n) is 13.7. The Kier molecular flexibility index (Phi) is 6.62. The molecule has 1 heterocycles. The lowest BCUT2D eigenvalue weighted by molar-refractivity contribution is -0.161. The van der Waals surface area contributed by atoms with Crippen molar-refractivity contribution in [2.24, 2.45) is 0 Å². The van der Waals surface area contributed by atoms with Crippen molar-refractivity contribution in [2.75, 3.05) is 32.8 Å². The van der Waals surface area contributed by atoms with Gasteiger partial charge in [0, 0.05) is 25.6 Å². The van der Waals surface area contributed by atoms with E-state index in [0.717, 1.165) is 16.0 Å². The van der Waals surface area contributed by atoms with Crippen LogP contribution in [0.4, 0.5) is 13.2 Å². The molecule has 1 saturated heterocycles. The van der Waals surface area contributed by atoms with Gasteiger partial charge in [-0.3, -0.25) is 4.79 Å². The molecule has 0 aromatic heterocycles. The van der Waals surface area contributed by atoms with Crippen LogP contribution in [-0.4, -0.2) is 55.9 Å². The summed E-state index contributed by atoms with van der Waals surface area (Å²) in [6.45, 7) is 2.30.